The summed E-state index contributed by atoms with van der Waals surface area (Å²) in [4.78, 5) is 3.97. The number of sulfonamides is 1. The van der Waals surface area contributed by atoms with Gasteiger partial charge < -0.3 is 5.73 Å². The molecule has 0 amide bonds. The molecule has 0 spiro atoms. The first kappa shape index (κ1) is 12.5. The maximum Gasteiger partial charge on any atom is 0.355 e. The summed E-state index contributed by atoms with van der Waals surface area (Å²) >= 11 is 0. The number of benzene rings is 1. The summed E-state index contributed by atoms with van der Waals surface area (Å²) < 4.78 is 48.6. The van der Waals surface area contributed by atoms with Gasteiger partial charge in [-0.2, -0.15) is 8.78 Å². The third-order valence-corrected chi connectivity index (χ3v) is 3.26. The van der Waals surface area contributed by atoms with Crippen LogP contribution in [0, 0.1) is 0 Å². The van der Waals surface area contributed by atoms with Gasteiger partial charge in [0.1, 0.15) is 0 Å². The van der Waals surface area contributed by atoms with Gasteiger partial charge in [-0.05, 0) is 24.3 Å². The fraction of sp³-hybridized carbons (Fsp3) is 0.100. The second-order valence-electron chi connectivity index (χ2n) is 3.51. The summed E-state index contributed by atoms with van der Waals surface area (Å²) in [6, 6.07) is 5.82. The van der Waals surface area contributed by atoms with E-state index in [9.17, 15) is 17.2 Å². The number of pyridine rings is 1. The topological polar surface area (TPSA) is 85.1 Å². The standard InChI is InChI=1S/C10H9F2N3O2S/c11-10(12)18(16,17)15-8-4-3-7(13)9-6(8)2-1-5-14-9/h1-5,10,15H,13H2. The first-order valence-electron chi connectivity index (χ1n) is 4.85. The van der Waals surface area contributed by atoms with Crippen LogP contribution in [-0.2, 0) is 10.0 Å². The quantitative estimate of drug-likeness (QED) is 0.835. The van der Waals surface area contributed by atoms with Crippen LogP contribution in [0.1, 0.15) is 0 Å². The molecule has 0 saturated carbocycles. The summed E-state index contributed by atoms with van der Waals surface area (Å²) in [5, 5.41) is 0.363. The molecule has 3 N–H and O–H groups in total. The zero-order valence-electron chi connectivity index (χ0n) is 8.97. The molecule has 0 aliphatic heterocycles. The van der Waals surface area contributed by atoms with E-state index < -0.39 is 15.8 Å². The smallest absolute Gasteiger partial charge is 0.355 e. The van der Waals surface area contributed by atoms with Crippen molar-refractivity contribution in [1.82, 2.24) is 4.98 Å². The predicted octanol–water partition coefficient (Wildman–Crippen LogP) is 1.78. The van der Waals surface area contributed by atoms with Crippen LogP contribution in [0.25, 0.3) is 10.9 Å². The Kier molecular flexibility index (Phi) is 3.04. The fourth-order valence-corrected chi connectivity index (χ4v) is 2.05. The summed E-state index contributed by atoms with van der Waals surface area (Å²) in [5.41, 5.74) is 6.37. The van der Waals surface area contributed by atoms with Crippen LogP contribution >= 0.6 is 0 Å². The minimum absolute atomic E-state index is 0.0209. The largest absolute Gasteiger partial charge is 0.397 e. The molecule has 5 nitrogen and oxygen atoms in total. The van der Waals surface area contributed by atoms with Gasteiger partial charge in [-0.3, -0.25) is 9.71 Å². The molecule has 0 aliphatic carbocycles. The van der Waals surface area contributed by atoms with Crippen molar-refractivity contribution in [2.24, 2.45) is 0 Å². The summed E-state index contributed by atoms with van der Waals surface area (Å²) in [6.07, 6.45) is 1.48. The number of nitrogens with two attached hydrogens (primary N) is 1. The van der Waals surface area contributed by atoms with Crippen LogP contribution in [0.5, 0.6) is 0 Å². The number of nitrogens with zero attached hydrogens (tertiary/aromatic N) is 1. The molecule has 1 aromatic heterocycles. The van der Waals surface area contributed by atoms with E-state index in [4.69, 9.17) is 5.73 Å². The Labute approximate surface area is 102 Å². The number of alkyl halides is 2. The number of nitrogens with one attached hydrogen (secondary N) is 1. The van der Waals surface area contributed by atoms with Crippen LogP contribution in [-0.4, -0.2) is 19.2 Å². The SMILES string of the molecule is Nc1ccc(NS(=O)(=O)C(F)F)c2cccnc12. The van der Waals surface area contributed by atoms with Gasteiger partial charge in [-0.1, -0.05) is 0 Å². The Morgan fingerprint density at radius 1 is 1.28 bits per heavy atom. The number of hydrogen-bond donors (Lipinski definition) is 2. The molecular weight excluding hydrogens is 264 g/mol. The van der Waals surface area contributed by atoms with Crippen LogP contribution in [0.3, 0.4) is 0 Å². The van der Waals surface area contributed by atoms with E-state index in [1.54, 1.807) is 12.1 Å². The molecule has 96 valence electrons. The highest BCUT2D eigenvalue weighted by Crippen LogP contribution is 2.27. The zero-order valence-corrected chi connectivity index (χ0v) is 9.79. The van der Waals surface area contributed by atoms with Crippen molar-refractivity contribution in [3.63, 3.8) is 0 Å². The second kappa shape index (κ2) is 4.37. The van der Waals surface area contributed by atoms with Gasteiger partial charge in [0.15, 0.2) is 0 Å². The predicted molar refractivity (Wildman–Crippen MR) is 64.7 cm³/mol. The van der Waals surface area contributed by atoms with Gasteiger partial charge in [0.25, 0.3) is 10.0 Å². The molecule has 0 unspecified atom stereocenters. The van der Waals surface area contributed by atoms with Crippen LogP contribution in [0.4, 0.5) is 20.2 Å². The lowest BCUT2D eigenvalue weighted by Crippen LogP contribution is -2.20. The average Bonchev–Trinajstić information content (AvgIpc) is 2.33. The highest BCUT2D eigenvalue weighted by Gasteiger charge is 2.24. The molecule has 0 radical (unpaired) electrons. The number of halogens is 2. The number of aromatic nitrogens is 1. The first-order valence-corrected chi connectivity index (χ1v) is 6.39. The van der Waals surface area contributed by atoms with E-state index >= 15 is 0 Å². The summed E-state index contributed by atoms with van der Waals surface area (Å²) in [5.74, 6) is -3.50. The number of rotatable bonds is 3. The Morgan fingerprint density at radius 2 is 2.00 bits per heavy atom. The van der Waals surface area contributed by atoms with Crippen LogP contribution in [0.2, 0.25) is 0 Å². The summed E-state index contributed by atoms with van der Waals surface area (Å²) in [6.45, 7) is 0. The normalized spacial score (nSPS) is 11.9. The highest BCUT2D eigenvalue weighted by molar-refractivity contribution is 7.93. The average molecular weight is 273 g/mol. The van der Waals surface area contributed by atoms with Gasteiger partial charge >= 0.3 is 5.76 Å². The third kappa shape index (κ3) is 2.19. The third-order valence-electron chi connectivity index (χ3n) is 2.29. The highest BCUT2D eigenvalue weighted by atomic mass is 32.2. The Bertz CT molecular complexity index is 689. The van der Waals surface area contributed by atoms with Gasteiger partial charge in [-0.25, -0.2) is 8.42 Å². The van der Waals surface area contributed by atoms with E-state index in [1.807, 2.05) is 4.72 Å². The molecule has 8 heteroatoms. The minimum Gasteiger partial charge on any atom is -0.397 e. The molecule has 0 aliphatic rings. The number of anilines is 2. The van der Waals surface area contributed by atoms with Crippen molar-refractivity contribution in [2.75, 3.05) is 10.5 Å². The van der Waals surface area contributed by atoms with Gasteiger partial charge in [-0.15, -0.1) is 0 Å². The van der Waals surface area contributed by atoms with Crippen LogP contribution in [0.15, 0.2) is 30.5 Å². The van der Waals surface area contributed by atoms with E-state index in [2.05, 4.69) is 4.98 Å². The molecule has 2 aromatic rings. The maximum absolute atomic E-state index is 12.3. The van der Waals surface area contributed by atoms with Gasteiger partial charge in [0, 0.05) is 11.6 Å². The van der Waals surface area contributed by atoms with Crippen molar-refractivity contribution in [1.29, 1.82) is 0 Å². The van der Waals surface area contributed by atoms with E-state index in [0.29, 0.717) is 16.6 Å². The van der Waals surface area contributed by atoms with Crippen molar-refractivity contribution >= 4 is 32.3 Å². The number of nitrogen functional groups attached to an aromatic ring is 1. The van der Waals surface area contributed by atoms with E-state index in [0.717, 1.165) is 0 Å². The minimum atomic E-state index is -4.71. The van der Waals surface area contributed by atoms with Crippen LogP contribution < -0.4 is 10.5 Å². The molecule has 0 bridgehead atoms. The number of hydrogen-bond acceptors (Lipinski definition) is 4. The van der Waals surface area contributed by atoms with Crippen molar-refractivity contribution in [3.05, 3.63) is 30.5 Å². The van der Waals surface area contributed by atoms with Gasteiger partial charge in [0.05, 0.1) is 16.9 Å². The Hall–Kier alpha value is -1.96. The molecule has 0 atom stereocenters. The second-order valence-corrected chi connectivity index (χ2v) is 5.16. The molecular formula is C10H9F2N3O2S. The van der Waals surface area contributed by atoms with Crippen molar-refractivity contribution in [3.8, 4) is 0 Å². The van der Waals surface area contributed by atoms with E-state index in [1.165, 1.54) is 18.3 Å². The Balaban J connectivity index is 2.57. The van der Waals surface area contributed by atoms with E-state index in [-0.39, 0.29) is 5.69 Å². The lowest BCUT2D eigenvalue weighted by molar-refractivity contribution is 0.236. The Morgan fingerprint density at radius 3 is 2.67 bits per heavy atom. The molecule has 2 rings (SSSR count). The molecule has 1 heterocycles. The fourth-order valence-electron chi connectivity index (χ4n) is 1.48. The summed E-state index contributed by atoms with van der Waals surface area (Å²) in [7, 11) is -4.71. The monoisotopic (exact) mass is 273 g/mol. The lowest BCUT2D eigenvalue weighted by atomic mass is 10.1. The first-order chi connectivity index (χ1) is 8.42. The van der Waals surface area contributed by atoms with Crippen molar-refractivity contribution < 1.29 is 17.2 Å². The molecule has 1 aromatic carbocycles. The van der Waals surface area contributed by atoms with Gasteiger partial charge in [0.2, 0.25) is 0 Å². The molecule has 0 saturated heterocycles. The zero-order chi connectivity index (χ0) is 13.3. The molecule has 0 fully saturated rings. The maximum atomic E-state index is 12.3. The molecule has 18 heavy (non-hydrogen) atoms. The number of fused-ring (bicyclic) bond motifs is 1. The van der Waals surface area contributed by atoms with Crippen molar-refractivity contribution in [2.45, 2.75) is 5.76 Å². The lowest BCUT2D eigenvalue weighted by Gasteiger charge is -2.10.